The number of piperidine rings is 1. The maximum atomic E-state index is 12.1. The van der Waals surface area contributed by atoms with Crippen LogP contribution in [0.2, 0.25) is 0 Å². The van der Waals surface area contributed by atoms with Crippen LogP contribution in [0.15, 0.2) is 35.1 Å². The Morgan fingerprint density at radius 2 is 2.32 bits per heavy atom. The Hall–Kier alpha value is -2.08. The molecule has 6 heteroatoms. The first kappa shape index (κ1) is 14.8. The van der Waals surface area contributed by atoms with Crippen LogP contribution in [-0.2, 0) is 7.05 Å². The summed E-state index contributed by atoms with van der Waals surface area (Å²) in [7, 11) is 4.11. The van der Waals surface area contributed by atoms with Crippen molar-refractivity contribution in [3.63, 3.8) is 0 Å². The number of furan rings is 1. The fourth-order valence-electron chi connectivity index (χ4n) is 3.33. The number of nitrogens with one attached hydrogen (secondary N) is 1. The van der Waals surface area contributed by atoms with Crippen LogP contribution in [-0.4, -0.2) is 40.7 Å². The Balaban J connectivity index is 1.70. The van der Waals surface area contributed by atoms with Crippen LogP contribution in [0.4, 0.5) is 0 Å². The van der Waals surface area contributed by atoms with Crippen molar-refractivity contribution in [1.82, 2.24) is 20.0 Å². The minimum Gasteiger partial charge on any atom is -0.459 e. The molecular weight excluding hydrogens is 280 g/mol. The maximum Gasteiger partial charge on any atom is 0.286 e. The molecule has 3 rings (SSSR count). The number of carbonyl (C=O) groups excluding carboxylic acids is 1. The lowest BCUT2D eigenvalue weighted by atomic mass is 9.87. The standard InChI is InChI=1S/C16H22N4O2/c1-19-9-3-5-12(15(19)13-7-8-18-20(13)2)11-17-16(21)14-6-4-10-22-14/h4,6-8,10,12,15H,3,5,9,11H2,1-2H3,(H,17,21)/t12-,15+/m0/s1. The molecule has 1 N–H and O–H groups in total. The molecule has 1 saturated heterocycles. The van der Waals surface area contributed by atoms with Crippen molar-refractivity contribution in [3.05, 3.63) is 42.1 Å². The third kappa shape index (κ3) is 2.92. The average Bonchev–Trinajstić information content (AvgIpc) is 3.16. The maximum absolute atomic E-state index is 12.1. The minimum absolute atomic E-state index is 0.151. The van der Waals surface area contributed by atoms with Crippen molar-refractivity contribution in [2.75, 3.05) is 20.1 Å². The molecule has 1 aliphatic rings. The molecule has 2 atom stereocenters. The first-order valence-corrected chi connectivity index (χ1v) is 7.66. The Labute approximate surface area is 130 Å². The third-order valence-electron chi connectivity index (χ3n) is 4.44. The molecule has 118 valence electrons. The Kier molecular flexibility index (Phi) is 4.29. The normalized spacial score (nSPS) is 22.6. The van der Waals surface area contributed by atoms with Gasteiger partial charge in [-0.05, 0) is 50.6 Å². The van der Waals surface area contributed by atoms with E-state index in [0.717, 1.165) is 19.4 Å². The summed E-state index contributed by atoms with van der Waals surface area (Å²) < 4.78 is 7.06. The van der Waals surface area contributed by atoms with E-state index >= 15 is 0 Å². The molecule has 2 aromatic heterocycles. The number of hydrogen-bond donors (Lipinski definition) is 1. The van der Waals surface area contributed by atoms with E-state index in [1.54, 1.807) is 12.1 Å². The van der Waals surface area contributed by atoms with Gasteiger partial charge < -0.3 is 9.73 Å². The predicted octanol–water partition coefficient (Wildman–Crippen LogP) is 1.83. The van der Waals surface area contributed by atoms with E-state index in [1.807, 2.05) is 17.9 Å². The lowest BCUT2D eigenvalue weighted by molar-refractivity contribution is 0.0856. The SMILES string of the molecule is CN1CCC[C@@H](CNC(=O)c2ccco2)[C@@H]1c1ccnn1C. The van der Waals surface area contributed by atoms with Crippen molar-refractivity contribution in [1.29, 1.82) is 0 Å². The van der Waals surface area contributed by atoms with Crippen LogP contribution in [0, 0.1) is 5.92 Å². The highest BCUT2D eigenvalue weighted by atomic mass is 16.3. The topological polar surface area (TPSA) is 63.3 Å². The van der Waals surface area contributed by atoms with E-state index in [1.165, 1.54) is 12.0 Å². The lowest BCUT2D eigenvalue weighted by Gasteiger charge is -2.39. The van der Waals surface area contributed by atoms with Gasteiger partial charge in [0, 0.05) is 19.8 Å². The summed E-state index contributed by atoms with van der Waals surface area (Å²) in [5, 5.41) is 7.28. The van der Waals surface area contributed by atoms with Crippen molar-refractivity contribution in [2.45, 2.75) is 18.9 Å². The second-order valence-electron chi connectivity index (χ2n) is 5.89. The van der Waals surface area contributed by atoms with Crippen LogP contribution in [0.1, 0.15) is 35.1 Å². The van der Waals surface area contributed by atoms with Gasteiger partial charge >= 0.3 is 0 Å². The number of rotatable bonds is 4. The lowest BCUT2D eigenvalue weighted by Crippen LogP contribution is -2.42. The summed E-state index contributed by atoms with van der Waals surface area (Å²) in [5.74, 6) is 0.580. The molecule has 22 heavy (non-hydrogen) atoms. The van der Waals surface area contributed by atoms with E-state index < -0.39 is 0 Å². The van der Waals surface area contributed by atoms with E-state index in [0.29, 0.717) is 18.2 Å². The van der Waals surface area contributed by atoms with Gasteiger partial charge in [-0.15, -0.1) is 0 Å². The first-order valence-electron chi connectivity index (χ1n) is 7.66. The van der Waals surface area contributed by atoms with E-state index in [9.17, 15) is 4.79 Å². The number of amides is 1. The van der Waals surface area contributed by atoms with Gasteiger partial charge in [-0.1, -0.05) is 0 Å². The Morgan fingerprint density at radius 3 is 3.00 bits per heavy atom. The fourth-order valence-corrected chi connectivity index (χ4v) is 3.33. The molecule has 0 saturated carbocycles. The number of aryl methyl sites for hydroxylation is 1. The van der Waals surface area contributed by atoms with Gasteiger partial charge in [0.2, 0.25) is 0 Å². The van der Waals surface area contributed by atoms with Gasteiger partial charge in [0.1, 0.15) is 0 Å². The van der Waals surface area contributed by atoms with E-state index in [4.69, 9.17) is 4.42 Å². The average molecular weight is 302 g/mol. The molecule has 6 nitrogen and oxygen atoms in total. The first-order chi connectivity index (χ1) is 10.7. The second-order valence-corrected chi connectivity index (χ2v) is 5.89. The van der Waals surface area contributed by atoms with Crippen LogP contribution in [0.3, 0.4) is 0 Å². The van der Waals surface area contributed by atoms with E-state index in [2.05, 4.69) is 28.4 Å². The highest BCUT2D eigenvalue weighted by molar-refractivity contribution is 5.91. The summed E-state index contributed by atoms with van der Waals surface area (Å²) in [6.45, 7) is 1.71. The molecule has 0 radical (unpaired) electrons. The molecule has 2 aromatic rings. The quantitative estimate of drug-likeness (QED) is 0.936. The van der Waals surface area contributed by atoms with Crippen LogP contribution < -0.4 is 5.32 Å². The molecule has 1 fully saturated rings. The molecule has 0 bridgehead atoms. The van der Waals surface area contributed by atoms with E-state index in [-0.39, 0.29) is 11.9 Å². The summed E-state index contributed by atoms with van der Waals surface area (Å²) in [6, 6.07) is 5.74. The molecule has 0 unspecified atom stereocenters. The van der Waals surface area contributed by atoms with Gasteiger partial charge in [-0.2, -0.15) is 5.10 Å². The highest BCUT2D eigenvalue weighted by Gasteiger charge is 2.32. The van der Waals surface area contributed by atoms with Crippen molar-refractivity contribution >= 4 is 5.91 Å². The van der Waals surface area contributed by atoms with Gasteiger partial charge in [0.15, 0.2) is 5.76 Å². The highest BCUT2D eigenvalue weighted by Crippen LogP contribution is 2.34. The zero-order valence-electron chi connectivity index (χ0n) is 13.0. The zero-order valence-corrected chi connectivity index (χ0v) is 13.0. The van der Waals surface area contributed by atoms with Gasteiger partial charge in [0.05, 0.1) is 18.0 Å². The third-order valence-corrected chi connectivity index (χ3v) is 4.44. The molecule has 0 aromatic carbocycles. The number of nitrogens with zero attached hydrogens (tertiary/aromatic N) is 3. The molecular formula is C16H22N4O2. The molecule has 0 aliphatic carbocycles. The minimum atomic E-state index is -0.151. The molecule has 0 spiro atoms. The Morgan fingerprint density at radius 1 is 1.45 bits per heavy atom. The monoisotopic (exact) mass is 302 g/mol. The van der Waals surface area contributed by atoms with Gasteiger partial charge in [-0.3, -0.25) is 14.4 Å². The number of hydrogen-bond acceptors (Lipinski definition) is 4. The number of likely N-dealkylation sites (tertiary alicyclic amines) is 1. The van der Waals surface area contributed by atoms with Crippen molar-refractivity contribution in [3.8, 4) is 0 Å². The van der Waals surface area contributed by atoms with Crippen molar-refractivity contribution < 1.29 is 9.21 Å². The summed E-state index contributed by atoms with van der Waals surface area (Å²) in [4.78, 5) is 14.4. The summed E-state index contributed by atoms with van der Waals surface area (Å²) in [6.07, 6.45) is 5.59. The molecule has 3 heterocycles. The molecule has 1 amide bonds. The fraction of sp³-hybridized carbons (Fsp3) is 0.500. The van der Waals surface area contributed by atoms with Crippen molar-refractivity contribution in [2.24, 2.45) is 13.0 Å². The largest absolute Gasteiger partial charge is 0.459 e. The van der Waals surface area contributed by atoms with Crippen LogP contribution >= 0.6 is 0 Å². The van der Waals surface area contributed by atoms with Crippen LogP contribution in [0.25, 0.3) is 0 Å². The smallest absolute Gasteiger partial charge is 0.286 e. The number of aromatic nitrogens is 2. The summed E-state index contributed by atoms with van der Waals surface area (Å²) in [5.41, 5.74) is 1.19. The van der Waals surface area contributed by atoms with Gasteiger partial charge in [0.25, 0.3) is 5.91 Å². The molecule has 1 aliphatic heterocycles. The zero-order chi connectivity index (χ0) is 15.5. The Bertz CT molecular complexity index is 620. The summed E-state index contributed by atoms with van der Waals surface area (Å²) >= 11 is 0. The number of carbonyl (C=O) groups is 1. The van der Waals surface area contributed by atoms with Gasteiger partial charge in [-0.25, -0.2) is 0 Å². The second kappa shape index (κ2) is 6.36. The predicted molar refractivity (Wildman–Crippen MR) is 82.3 cm³/mol. The van der Waals surface area contributed by atoms with Crippen LogP contribution in [0.5, 0.6) is 0 Å².